The van der Waals surface area contributed by atoms with E-state index in [4.69, 9.17) is 0 Å². The molecule has 24 heavy (non-hydrogen) atoms. The van der Waals surface area contributed by atoms with Gasteiger partial charge < -0.3 is 10.4 Å². The molecule has 1 fully saturated rings. The summed E-state index contributed by atoms with van der Waals surface area (Å²) in [4.78, 5) is 14.3. The molecule has 3 rings (SSSR count). The van der Waals surface area contributed by atoms with Crippen molar-refractivity contribution in [3.8, 4) is 0 Å². The normalized spacial score (nSPS) is 15.6. The second-order valence-corrected chi connectivity index (χ2v) is 6.74. The number of carbonyl (C=O) groups is 1. The van der Waals surface area contributed by atoms with Crippen LogP contribution >= 0.6 is 0 Å². The number of nitrogens with one attached hydrogen (secondary N) is 1. The van der Waals surface area contributed by atoms with E-state index in [9.17, 15) is 9.90 Å². The van der Waals surface area contributed by atoms with Crippen molar-refractivity contribution in [2.75, 3.05) is 13.1 Å². The topological polar surface area (TPSA) is 52.6 Å². The van der Waals surface area contributed by atoms with Crippen molar-refractivity contribution in [1.82, 2.24) is 10.2 Å². The maximum atomic E-state index is 11.9. The summed E-state index contributed by atoms with van der Waals surface area (Å²) in [6.07, 6.45) is 2.43. The maximum absolute atomic E-state index is 11.9. The zero-order valence-electron chi connectivity index (χ0n) is 14.2. The quantitative estimate of drug-likeness (QED) is 0.784. The average Bonchev–Trinajstić information content (AvgIpc) is 3.41. The Morgan fingerprint density at radius 2 is 2.00 bits per heavy atom. The molecule has 4 heteroatoms. The van der Waals surface area contributed by atoms with E-state index in [2.05, 4.69) is 52.7 Å². The van der Waals surface area contributed by atoms with Gasteiger partial charge in [-0.25, -0.2) is 0 Å². The predicted molar refractivity (Wildman–Crippen MR) is 96.7 cm³/mol. The number of aliphatic hydroxyl groups excluding tert-OH is 1. The molecule has 1 aliphatic rings. The molecule has 1 amide bonds. The van der Waals surface area contributed by atoms with Gasteiger partial charge in [0.25, 0.3) is 0 Å². The second-order valence-electron chi connectivity index (χ2n) is 6.74. The van der Waals surface area contributed by atoms with Crippen molar-refractivity contribution in [2.45, 2.75) is 44.9 Å². The summed E-state index contributed by atoms with van der Waals surface area (Å²) in [5.74, 6) is 0.0134. The van der Waals surface area contributed by atoms with Crippen LogP contribution in [0.2, 0.25) is 0 Å². The minimum absolute atomic E-state index is 0.0134. The predicted octanol–water partition coefficient (Wildman–Crippen LogP) is 2.69. The summed E-state index contributed by atoms with van der Waals surface area (Å²) in [5, 5.41) is 14.6. The van der Waals surface area contributed by atoms with E-state index in [1.54, 1.807) is 6.92 Å². The Kier molecular flexibility index (Phi) is 5.48. The van der Waals surface area contributed by atoms with Crippen LogP contribution in [0.5, 0.6) is 0 Å². The first-order valence-electron chi connectivity index (χ1n) is 8.79. The third kappa shape index (κ3) is 4.56. The van der Waals surface area contributed by atoms with Crippen molar-refractivity contribution < 1.29 is 9.90 Å². The minimum atomic E-state index is -0.496. The van der Waals surface area contributed by atoms with Gasteiger partial charge in [-0.15, -0.1) is 0 Å². The number of benzene rings is 2. The van der Waals surface area contributed by atoms with Gasteiger partial charge >= 0.3 is 0 Å². The molecular weight excluding hydrogens is 300 g/mol. The standard InChI is InChI=1S/C20H26N2O2/c1-15(23)13-21-20(24)11-12-22(18-9-10-18)14-17-7-4-6-16-5-2-3-8-19(16)17/h2-8,15,18,23H,9-14H2,1H3,(H,21,24). The van der Waals surface area contributed by atoms with Gasteiger partial charge in [-0.2, -0.15) is 0 Å². The Balaban J connectivity index is 1.63. The summed E-state index contributed by atoms with van der Waals surface area (Å²) in [5.41, 5.74) is 1.32. The number of amides is 1. The van der Waals surface area contributed by atoms with Crippen LogP contribution in [0.15, 0.2) is 42.5 Å². The van der Waals surface area contributed by atoms with Crippen LogP contribution < -0.4 is 5.32 Å². The molecule has 1 aliphatic carbocycles. The molecule has 0 aromatic heterocycles. The fourth-order valence-electron chi connectivity index (χ4n) is 3.07. The van der Waals surface area contributed by atoms with E-state index in [-0.39, 0.29) is 5.91 Å². The highest BCUT2D eigenvalue weighted by Gasteiger charge is 2.29. The minimum Gasteiger partial charge on any atom is -0.392 e. The monoisotopic (exact) mass is 326 g/mol. The van der Waals surface area contributed by atoms with Crippen LogP contribution in [-0.4, -0.2) is 41.1 Å². The second kappa shape index (κ2) is 7.77. The molecule has 4 nitrogen and oxygen atoms in total. The highest BCUT2D eigenvalue weighted by Crippen LogP contribution is 2.30. The third-order valence-corrected chi connectivity index (χ3v) is 4.54. The molecule has 0 spiro atoms. The Bertz CT molecular complexity index is 690. The Morgan fingerprint density at radius 1 is 1.25 bits per heavy atom. The molecule has 0 heterocycles. The number of carbonyl (C=O) groups excluding carboxylic acids is 1. The van der Waals surface area contributed by atoms with E-state index in [0.717, 1.165) is 13.1 Å². The highest BCUT2D eigenvalue weighted by molar-refractivity contribution is 5.85. The van der Waals surface area contributed by atoms with Crippen molar-refractivity contribution in [3.05, 3.63) is 48.0 Å². The molecule has 0 saturated heterocycles. The van der Waals surface area contributed by atoms with Crippen LogP contribution in [-0.2, 0) is 11.3 Å². The van der Waals surface area contributed by atoms with Gasteiger partial charge in [0, 0.05) is 32.1 Å². The van der Waals surface area contributed by atoms with Crippen LogP contribution in [0.4, 0.5) is 0 Å². The molecular formula is C20H26N2O2. The van der Waals surface area contributed by atoms with Gasteiger partial charge in [-0.3, -0.25) is 9.69 Å². The van der Waals surface area contributed by atoms with Crippen LogP contribution in [0.3, 0.4) is 0 Å². The molecule has 0 bridgehead atoms. The molecule has 1 saturated carbocycles. The van der Waals surface area contributed by atoms with Crippen molar-refractivity contribution >= 4 is 16.7 Å². The van der Waals surface area contributed by atoms with Crippen molar-refractivity contribution in [3.63, 3.8) is 0 Å². The zero-order chi connectivity index (χ0) is 16.9. The van der Waals surface area contributed by atoms with Crippen LogP contribution in [0, 0.1) is 0 Å². The van der Waals surface area contributed by atoms with Crippen LogP contribution in [0.1, 0.15) is 31.7 Å². The fraction of sp³-hybridized carbons (Fsp3) is 0.450. The zero-order valence-corrected chi connectivity index (χ0v) is 14.2. The van der Waals surface area contributed by atoms with E-state index in [1.807, 2.05) is 0 Å². The van der Waals surface area contributed by atoms with Gasteiger partial charge in [-0.1, -0.05) is 42.5 Å². The van der Waals surface area contributed by atoms with Gasteiger partial charge in [0.15, 0.2) is 0 Å². The summed E-state index contributed by atoms with van der Waals surface area (Å²) < 4.78 is 0. The number of rotatable bonds is 8. The molecule has 128 valence electrons. The summed E-state index contributed by atoms with van der Waals surface area (Å²) >= 11 is 0. The van der Waals surface area contributed by atoms with Gasteiger partial charge in [0.2, 0.25) is 5.91 Å². The average molecular weight is 326 g/mol. The van der Waals surface area contributed by atoms with Crippen LogP contribution in [0.25, 0.3) is 10.8 Å². The lowest BCUT2D eigenvalue weighted by atomic mass is 10.0. The molecule has 0 aliphatic heterocycles. The van der Waals surface area contributed by atoms with E-state index >= 15 is 0 Å². The van der Waals surface area contributed by atoms with E-state index in [0.29, 0.717) is 19.0 Å². The lowest BCUT2D eigenvalue weighted by Gasteiger charge is -2.22. The Morgan fingerprint density at radius 3 is 2.75 bits per heavy atom. The van der Waals surface area contributed by atoms with Crippen molar-refractivity contribution in [1.29, 1.82) is 0 Å². The molecule has 0 radical (unpaired) electrons. The molecule has 1 atom stereocenters. The van der Waals surface area contributed by atoms with E-state index < -0.39 is 6.10 Å². The summed E-state index contributed by atoms with van der Waals surface area (Å²) in [6, 6.07) is 15.5. The van der Waals surface area contributed by atoms with Gasteiger partial charge in [0.1, 0.15) is 0 Å². The first-order valence-corrected chi connectivity index (χ1v) is 8.79. The first kappa shape index (κ1) is 16.9. The third-order valence-electron chi connectivity index (χ3n) is 4.54. The van der Waals surface area contributed by atoms with Gasteiger partial charge in [0.05, 0.1) is 6.10 Å². The maximum Gasteiger partial charge on any atom is 0.221 e. The number of nitrogens with zero attached hydrogens (tertiary/aromatic N) is 1. The lowest BCUT2D eigenvalue weighted by molar-refractivity contribution is -0.121. The SMILES string of the molecule is CC(O)CNC(=O)CCN(Cc1cccc2ccccc12)C1CC1. The number of hydrogen-bond acceptors (Lipinski definition) is 3. The number of fused-ring (bicyclic) bond motifs is 1. The molecule has 2 N–H and O–H groups in total. The Hall–Kier alpha value is -1.91. The molecule has 1 unspecified atom stereocenters. The summed E-state index contributed by atoms with van der Waals surface area (Å²) in [7, 11) is 0. The van der Waals surface area contributed by atoms with Crippen molar-refractivity contribution in [2.24, 2.45) is 0 Å². The first-order chi connectivity index (χ1) is 11.6. The summed E-state index contributed by atoms with van der Waals surface area (Å²) in [6.45, 7) is 3.65. The number of aliphatic hydroxyl groups is 1. The number of hydrogen-bond donors (Lipinski definition) is 2. The lowest BCUT2D eigenvalue weighted by Crippen LogP contribution is -2.34. The Labute approximate surface area is 143 Å². The molecule has 2 aromatic carbocycles. The molecule has 2 aromatic rings. The van der Waals surface area contributed by atoms with Gasteiger partial charge in [-0.05, 0) is 36.1 Å². The highest BCUT2D eigenvalue weighted by atomic mass is 16.3. The fourth-order valence-corrected chi connectivity index (χ4v) is 3.07. The smallest absolute Gasteiger partial charge is 0.221 e. The largest absolute Gasteiger partial charge is 0.392 e. The van der Waals surface area contributed by atoms with E-state index in [1.165, 1.54) is 29.2 Å².